The lowest BCUT2D eigenvalue weighted by atomic mass is 10.0. The number of rotatable bonds is 1. The second kappa shape index (κ2) is 7.37. The second-order valence-corrected chi connectivity index (χ2v) is 5.99. The van der Waals surface area contributed by atoms with Gasteiger partial charge in [0.1, 0.15) is 6.61 Å². The Balaban J connectivity index is 2.28. The fourth-order valence-corrected chi connectivity index (χ4v) is 3.09. The van der Waals surface area contributed by atoms with Gasteiger partial charge in [-0.15, -0.1) is 0 Å². The van der Waals surface area contributed by atoms with Gasteiger partial charge in [0.15, 0.2) is 0 Å². The number of benzene rings is 1. The van der Waals surface area contributed by atoms with Crippen molar-refractivity contribution in [2.24, 2.45) is 0 Å². The predicted octanol–water partition coefficient (Wildman–Crippen LogP) is 1.92. The molecule has 1 N–H and O–H groups in total. The van der Waals surface area contributed by atoms with Gasteiger partial charge in [0.25, 0.3) is 5.91 Å². The van der Waals surface area contributed by atoms with Crippen LogP contribution in [0.25, 0.3) is 0 Å². The molecule has 0 unspecified atom stereocenters. The van der Waals surface area contributed by atoms with Crippen LogP contribution in [-0.4, -0.2) is 47.1 Å². The summed E-state index contributed by atoms with van der Waals surface area (Å²) in [5.41, 5.74) is 2.42. The van der Waals surface area contributed by atoms with Crippen molar-refractivity contribution in [3.05, 3.63) is 34.9 Å². The number of hydrogen-bond acceptors (Lipinski definition) is 3. The molecule has 1 heterocycles. The molecule has 0 aliphatic carbocycles. The van der Waals surface area contributed by atoms with E-state index in [0.29, 0.717) is 11.1 Å². The van der Waals surface area contributed by atoms with E-state index in [0.717, 1.165) is 36.6 Å². The lowest BCUT2D eigenvalue weighted by molar-refractivity contribution is 0.0768. The minimum atomic E-state index is -0.193. The molecule has 1 aromatic rings. The van der Waals surface area contributed by atoms with Crippen LogP contribution in [0.3, 0.4) is 0 Å². The van der Waals surface area contributed by atoms with E-state index in [-0.39, 0.29) is 12.5 Å². The van der Waals surface area contributed by atoms with E-state index in [4.69, 9.17) is 5.11 Å². The molecule has 0 saturated carbocycles. The van der Waals surface area contributed by atoms with Gasteiger partial charge >= 0.3 is 0 Å². The lowest BCUT2D eigenvalue weighted by Gasteiger charge is -2.20. The maximum atomic E-state index is 12.6. The molecule has 4 heteroatoms. The monoisotopic (exact) mass is 289 g/mol. The number of amides is 1. The zero-order chi connectivity index (χ0) is 14.4. The van der Waals surface area contributed by atoms with Gasteiger partial charge in [-0.25, -0.2) is 0 Å². The zero-order valence-electron chi connectivity index (χ0n) is 11.7. The third-order valence-corrected chi connectivity index (χ3v) is 4.27. The fourth-order valence-electron chi connectivity index (χ4n) is 2.20. The maximum absolute atomic E-state index is 12.6. The molecule has 0 radical (unpaired) electrons. The quantitative estimate of drug-likeness (QED) is 0.803. The minimum Gasteiger partial charge on any atom is -0.384 e. The summed E-state index contributed by atoms with van der Waals surface area (Å²) in [4.78, 5) is 14.5. The van der Waals surface area contributed by atoms with Gasteiger partial charge in [-0.3, -0.25) is 4.79 Å². The molecule has 1 saturated heterocycles. The summed E-state index contributed by atoms with van der Waals surface area (Å²) >= 11 is 1.90. The van der Waals surface area contributed by atoms with E-state index in [9.17, 15) is 4.79 Å². The van der Waals surface area contributed by atoms with Gasteiger partial charge in [-0.2, -0.15) is 11.8 Å². The van der Waals surface area contributed by atoms with Gasteiger partial charge in [0.2, 0.25) is 0 Å². The SMILES string of the molecule is Cc1ccc(C(=O)N2CCCSCC2)c(C#CCO)c1. The zero-order valence-corrected chi connectivity index (χ0v) is 12.5. The Morgan fingerprint density at radius 1 is 1.40 bits per heavy atom. The van der Waals surface area contributed by atoms with Gasteiger partial charge in [0, 0.05) is 24.4 Å². The van der Waals surface area contributed by atoms with E-state index in [2.05, 4.69) is 11.8 Å². The molecular formula is C16H19NO2S. The lowest BCUT2D eigenvalue weighted by Crippen LogP contribution is -2.33. The average Bonchev–Trinajstić information content (AvgIpc) is 2.73. The molecule has 2 rings (SSSR count). The summed E-state index contributed by atoms with van der Waals surface area (Å²) in [6.07, 6.45) is 1.04. The topological polar surface area (TPSA) is 40.5 Å². The third-order valence-electron chi connectivity index (χ3n) is 3.22. The molecule has 0 bridgehead atoms. The first-order chi connectivity index (χ1) is 9.72. The Kier molecular flexibility index (Phi) is 5.51. The average molecular weight is 289 g/mol. The van der Waals surface area contributed by atoms with Crippen LogP contribution in [0.15, 0.2) is 18.2 Å². The summed E-state index contributed by atoms with van der Waals surface area (Å²) in [6.45, 7) is 3.39. The normalized spacial score (nSPS) is 15.2. The molecule has 1 amide bonds. The molecule has 3 nitrogen and oxygen atoms in total. The third kappa shape index (κ3) is 3.78. The van der Waals surface area contributed by atoms with E-state index < -0.39 is 0 Å². The highest BCUT2D eigenvalue weighted by atomic mass is 32.2. The summed E-state index contributed by atoms with van der Waals surface area (Å²) in [5, 5.41) is 8.84. The minimum absolute atomic E-state index is 0.0507. The van der Waals surface area contributed by atoms with Gasteiger partial charge in [-0.1, -0.05) is 17.9 Å². The van der Waals surface area contributed by atoms with Crippen LogP contribution < -0.4 is 0 Å². The smallest absolute Gasteiger partial charge is 0.255 e. The highest BCUT2D eigenvalue weighted by Gasteiger charge is 2.19. The van der Waals surface area contributed by atoms with E-state index in [1.54, 1.807) is 0 Å². The Hall–Kier alpha value is -1.44. The molecule has 0 atom stereocenters. The van der Waals surface area contributed by atoms with Crippen molar-refractivity contribution in [2.45, 2.75) is 13.3 Å². The van der Waals surface area contributed by atoms with Crippen molar-refractivity contribution >= 4 is 17.7 Å². The molecule has 0 spiro atoms. The van der Waals surface area contributed by atoms with Crippen molar-refractivity contribution in [1.82, 2.24) is 4.90 Å². The molecular weight excluding hydrogens is 270 g/mol. The van der Waals surface area contributed by atoms with Crippen molar-refractivity contribution in [2.75, 3.05) is 31.2 Å². The van der Waals surface area contributed by atoms with Crippen molar-refractivity contribution in [3.63, 3.8) is 0 Å². The number of aryl methyl sites for hydroxylation is 1. The van der Waals surface area contributed by atoms with Crippen LogP contribution in [-0.2, 0) is 0 Å². The van der Waals surface area contributed by atoms with Gasteiger partial charge in [-0.05, 0) is 36.8 Å². The number of nitrogens with zero attached hydrogens (tertiary/aromatic N) is 1. The van der Waals surface area contributed by atoms with E-state index in [1.165, 1.54) is 0 Å². The molecule has 1 aliphatic rings. The first-order valence-corrected chi connectivity index (χ1v) is 7.95. The first kappa shape index (κ1) is 15.0. The van der Waals surface area contributed by atoms with Crippen molar-refractivity contribution in [1.29, 1.82) is 0 Å². The van der Waals surface area contributed by atoms with Crippen molar-refractivity contribution in [3.8, 4) is 11.8 Å². The Morgan fingerprint density at radius 2 is 2.25 bits per heavy atom. The summed E-state index contributed by atoms with van der Waals surface area (Å²) in [7, 11) is 0. The number of carbonyl (C=O) groups is 1. The van der Waals surface area contributed by atoms with Gasteiger partial charge < -0.3 is 10.0 Å². The van der Waals surface area contributed by atoms with E-state index in [1.807, 2.05) is 41.8 Å². The molecule has 1 fully saturated rings. The highest BCUT2D eigenvalue weighted by Crippen LogP contribution is 2.17. The number of aliphatic hydroxyl groups excluding tert-OH is 1. The number of hydrogen-bond donors (Lipinski definition) is 1. The van der Waals surface area contributed by atoms with Crippen LogP contribution in [0, 0.1) is 18.8 Å². The molecule has 1 aliphatic heterocycles. The Morgan fingerprint density at radius 3 is 3.05 bits per heavy atom. The standard InChI is InChI=1S/C16H19NO2S/c1-13-5-6-15(14(12-13)4-2-9-18)16(19)17-7-3-10-20-11-8-17/h5-6,12,18H,3,7-11H2,1H3. The Bertz CT molecular complexity index is 537. The number of aliphatic hydroxyl groups is 1. The molecule has 0 aromatic heterocycles. The van der Waals surface area contributed by atoms with Crippen LogP contribution in [0.1, 0.15) is 27.9 Å². The summed E-state index contributed by atoms with van der Waals surface area (Å²) in [6, 6.07) is 5.68. The Labute approximate surface area is 124 Å². The van der Waals surface area contributed by atoms with Gasteiger partial charge in [0.05, 0.1) is 5.56 Å². The van der Waals surface area contributed by atoms with Crippen LogP contribution in [0.2, 0.25) is 0 Å². The second-order valence-electron chi connectivity index (χ2n) is 4.77. The van der Waals surface area contributed by atoms with E-state index >= 15 is 0 Å². The van der Waals surface area contributed by atoms with Crippen LogP contribution in [0.5, 0.6) is 0 Å². The van der Waals surface area contributed by atoms with Crippen LogP contribution >= 0.6 is 11.8 Å². The number of carbonyl (C=O) groups excluding carboxylic acids is 1. The maximum Gasteiger partial charge on any atom is 0.255 e. The first-order valence-electron chi connectivity index (χ1n) is 6.80. The number of thioether (sulfide) groups is 1. The van der Waals surface area contributed by atoms with Crippen LogP contribution in [0.4, 0.5) is 0 Å². The molecule has 106 valence electrons. The fraction of sp³-hybridized carbons (Fsp3) is 0.438. The predicted molar refractivity (Wildman–Crippen MR) is 83.0 cm³/mol. The summed E-state index contributed by atoms with van der Waals surface area (Å²) < 4.78 is 0. The molecule has 20 heavy (non-hydrogen) atoms. The highest BCUT2D eigenvalue weighted by molar-refractivity contribution is 7.99. The van der Waals surface area contributed by atoms with Crippen molar-refractivity contribution < 1.29 is 9.90 Å². The molecule has 1 aromatic carbocycles. The largest absolute Gasteiger partial charge is 0.384 e. The summed E-state index contributed by atoms with van der Waals surface area (Å²) in [5.74, 6) is 7.69.